The first-order valence-corrected chi connectivity index (χ1v) is 11.3. The number of nitrogens with zero attached hydrogens (tertiary/aromatic N) is 2. The number of carbonyl (C=O) groups excluding carboxylic acids is 2. The topological polar surface area (TPSA) is 80.2 Å². The van der Waals surface area contributed by atoms with Crippen LogP contribution in [-0.4, -0.2) is 61.6 Å². The number of hydrazone groups is 1. The van der Waals surface area contributed by atoms with E-state index in [2.05, 4.69) is 10.5 Å². The van der Waals surface area contributed by atoms with Crippen molar-refractivity contribution in [3.8, 4) is 5.75 Å². The number of halogens is 1. The summed E-state index contributed by atoms with van der Waals surface area (Å²) >= 11 is 7.44. The van der Waals surface area contributed by atoms with Crippen molar-refractivity contribution < 1.29 is 19.1 Å². The summed E-state index contributed by atoms with van der Waals surface area (Å²) in [6, 6.07) is 14.6. The Balaban J connectivity index is 1.34. The zero-order valence-electron chi connectivity index (χ0n) is 17.0. The average molecular weight is 462 g/mol. The maximum absolute atomic E-state index is 12.1. The fourth-order valence-corrected chi connectivity index (χ4v) is 3.70. The molecule has 0 bridgehead atoms. The van der Waals surface area contributed by atoms with Gasteiger partial charge in [0.15, 0.2) is 6.61 Å². The predicted molar refractivity (Wildman–Crippen MR) is 122 cm³/mol. The number of amides is 2. The van der Waals surface area contributed by atoms with Gasteiger partial charge in [-0.05, 0) is 54.1 Å². The Kier molecular flexibility index (Phi) is 9.20. The molecule has 1 aliphatic heterocycles. The molecule has 7 nitrogen and oxygen atoms in total. The van der Waals surface area contributed by atoms with E-state index in [1.54, 1.807) is 47.1 Å². The molecule has 0 atom stereocenters. The lowest BCUT2D eigenvalue weighted by atomic mass is 10.2. The Morgan fingerprint density at radius 3 is 2.55 bits per heavy atom. The second-order valence-electron chi connectivity index (χ2n) is 6.70. The van der Waals surface area contributed by atoms with Crippen LogP contribution in [0.5, 0.6) is 5.75 Å². The fraction of sp³-hybridized carbons (Fsp3) is 0.318. The SMILES string of the molecule is O=C(CCSc1ccc(Cl)cc1)N/N=C\c1ccc(OCC(=O)N2CCOCC2)cc1. The normalized spacial score (nSPS) is 13.9. The highest BCUT2D eigenvalue weighted by Gasteiger charge is 2.17. The van der Waals surface area contributed by atoms with Gasteiger partial charge in [0.05, 0.1) is 19.4 Å². The van der Waals surface area contributed by atoms with Crippen molar-refractivity contribution in [2.24, 2.45) is 5.10 Å². The number of ether oxygens (including phenoxy) is 2. The molecule has 2 amide bonds. The second-order valence-corrected chi connectivity index (χ2v) is 8.30. The number of nitrogens with one attached hydrogen (secondary N) is 1. The molecule has 0 saturated carbocycles. The van der Waals surface area contributed by atoms with E-state index in [1.807, 2.05) is 24.3 Å². The standard InChI is InChI=1S/C22H24ClN3O4S/c23-18-3-7-20(8-4-18)31-14-9-21(27)25-24-15-17-1-5-19(6-2-17)30-16-22(28)26-10-12-29-13-11-26/h1-8,15H,9-14,16H2,(H,25,27)/b24-15-. The van der Waals surface area contributed by atoms with E-state index in [-0.39, 0.29) is 18.4 Å². The van der Waals surface area contributed by atoms with Crippen LogP contribution in [0.25, 0.3) is 0 Å². The Hall–Kier alpha value is -2.55. The first kappa shape index (κ1) is 23.1. The number of thioether (sulfide) groups is 1. The van der Waals surface area contributed by atoms with Crippen LogP contribution in [-0.2, 0) is 14.3 Å². The van der Waals surface area contributed by atoms with Crippen LogP contribution in [0.4, 0.5) is 0 Å². The molecule has 1 aliphatic rings. The average Bonchev–Trinajstić information content (AvgIpc) is 2.80. The van der Waals surface area contributed by atoms with Crippen molar-refractivity contribution in [2.45, 2.75) is 11.3 Å². The van der Waals surface area contributed by atoms with E-state index in [1.165, 1.54) is 0 Å². The highest BCUT2D eigenvalue weighted by atomic mass is 35.5. The molecule has 2 aromatic carbocycles. The summed E-state index contributed by atoms with van der Waals surface area (Å²) in [5.41, 5.74) is 3.33. The van der Waals surface area contributed by atoms with Gasteiger partial charge in [-0.2, -0.15) is 5.10 Å². The van der Waals surface area contributed by atoms with Gasteiger partial charge in [0.25, 0.3) is 5.91 Å². The fourth-order valence-electron chi connectivity index (χ4n) is 2.73. The molecule has 1 N–H and O–H groups in total. The quantitative estimate of drug-likeness (QED) is 0.352. The van der Waals surface area contributed by atoms with Gasteiger partial charge >= 0.3 is 0 Å². The summed E-state index contributed by atoms with van der Waals surface area (Å²) in [6.45, 7) is 2.33. The highest BCUT2D eigenvalue weighted by Crippen LogP contribution is 2.20. The van der Waals surface area contributed by atoms with Crippen LogP contribution in [0.3, 0.4) is 0 Å². The van der Waals surface area contributed by atoms with Gasteiger partial charge < -0.3 is 14.4 Å². The van der Waals surface area contributed by atoms with E-state index in [4.69, 9.17) is 21.1 Å². The van der Waals surface area contributed by atoms with Crippen LogP contribution in [0.2, 0.25) is 5.02 Å². The van der Waals surface area contributed by atoms with Crippen LogP contribution >= 0.6 is 23.4 Å². The lowest BCUT2D eigenvalue weighted by Gasteiger charge is -2.26. The van der Waals surface area contributed by atoms with E-state index >= 15 is 0 Å². The maximum atomic E-state index is 12.1. The molecule has 31 heavy (non-hydrogen) atoms. The molecule has 3 rings (SSSR count). The third-order valence-corrected chi connectivity index (χ3v) is 5.69. The summed E-state index contributed by atoms with van der Waals surface area (Å²) in [5.74, 6) is 1.05. The van der Waals surface area contributed by atoms with Crippen molar-refractivity contribution in [3.63, 3.8) is 0 Å². The molecule has 1 heterocycles. The number of morpholine rings is 1. The van der Waals surface area contributed by atoms with Gasteiger partial charge in [-0.3, -0.25) is 9.59 Å². The van der Waals surface area contributed by atoms with E-state index < -0.39 is 0 Å². The maximum Gasteiger partial charge on any atom is 0.260 e. The summed E-state index contributed by atoms with van der Waals surface area (Å²) in [6.07, 6.45) is 1.92. The molecule has 0 aromatic heterocycles. The Morgan fingerprint density at radius 2 is 1.84 bits per heavy atom. The van der Waals surface area contributed by atoms with Crippen LogP contribution in [0.15, 0.2) is 58.5 Å². The molecule has 9 heteroatoms. The lowest BCUT2D eigenvalue weighted by Crippen LogP contribution is -2.42. The smallest absolute Gasteiger partial charge is 0.260 e. The minimum atomic E-state index is -0.153. The van der Waals surface area contributed by atoms with E-state index in [0.717, 1.165) is 10.5 Å². The van der Waals surface area contributed by atoms with Crippen LogP contribution in [0.1, 0.15) is 12.0 Å². The minimum absolute atomic E-state index is 0.00245. The third kappa shape index (κ3) is 8.24. The van der Waals surface area contributed by atoms with Crippen LogP contribution < -0.4 is 10.2 Å². The number of benzene rings is 2. The molecule has 0 spiro atoms. The van der Waals surface area contributed by atoms with Gasteiger partial charge in [-0.1, -0.05) is 11.6 Å². The third-order valence-electron chi connectivity index (χ3n) is 4.42. The number of hydrogen-bond donors (Lipinski definition) is 1. The second kappa shape index (κ2) is 12.3. The zero-order chi connectivity index (χ0) is 21.9. The summed E-state index contributed by atoms with van der Waals surface area (Å²) < 4.78 is 10.8. The van der Waals surface area contributed by atoms with Gasteiger partial charge in [-0.15, -0.1) is 11.8 Å². The summed E-state index contributed by atoms with van der Waals surface area (Å²) in [7, 11) is 0. The molecule has 1 fully saturated rings. The minimum Gasteiger partial charge on any atom is -0.484 e. The Labute approximate surface area is 190 Å². The first-order chi connectivity index (χ1) is 15.1. The Morgan fingerprint density at radius 1 is 1.13 bits per heavy atom. The largest absolute Gasteiger partial charge is 0.484 e. The van der Waals surface area contributed by atoms with Crippen molar-refractivity contribution in [3.05, 3.63) is 59.1 Å². The van der Waals surface area contributed by atoms with Gasteiger partial charge in [-0.25, -0.2) is 5.43 Å². The molecular weight excluding hydrogens is 438 g/mol. The summed E-state index contributed by atoms with van der Waals surface area (Å²) in [5, 5.41) is 4.67. The van der Waals surface area contributed by atoms with Crippen molar-refractivity contribution in [1.82, 2.24) is 10.3 Å². The molecular formula is C22H24ClN3O4S. The number of rotatable bonds is 9. The van der Waals surface area contributed by atoms with Gasteiger partial charge in [0.2, 0.25) is 5.91 Å². The molecule has 1 saturated heterocycles. The number of carbonyl (C=O) groups is 2. The first-order valence-electron chi connectivity index (χ1n) is 9.89. The lowest BCUT2D eigenvalue weighted by molar-refractivity contribution is -0.137. The molecule has 2 aromatic rings. The zero-order valence-corrected chi connectivity index (χ0v) is 18.5. The summed E-state index contributed by atoms with van der Waals surface area (Å²) in [4.78, 5) is 26.8. The van der Waals surface area contributed by atoms with Gasteiger partial charge in [0, 0.05) is 35.2 Å². The Bertz CT molecular complexity index is 885. The predicted octanol–water partition coefficient (Wildman–Crippen LogP) is 3.21. The van der Waals surface area contributed by atoms with E-state index in [0.29, 0.717) is 49.2 Å². The molecule has 164 valence electrons. The molecule has 0 unspecified atom stereocenters. The van der Waals surface area contributed by atoms with Crippen molar-refractivity contribution >= 4 is 41.4 Å². The monoisotopic (exact) mass is 461 g/mol. The number of hydrogen-bond acceptors (Lipinski definition) is 6. The van der Waals surface area contributed by atoms with Gasteiger partial charge in [0.1, 0.15) is 5.75 Å². The van der Waals surface area contributed by atoms with Crippen molar-refractivity contribution in [2.75, 3.05) is 38.7 Å². The van der Waals surface area contributed by atoms with Crippen LogP contribution in [0, 0.1) is 0 Å². The van der Waals surface area contributed by atoms with E-state index in [9.17, 15) is 9.59 Å². The van der Waals surface area contributed by atoms with Crippen molar-refractivity contribution in [1.29, 1.82) is 0 Å². The highest BCUT2D eigenvalue weighted by molar-refractivity contribution is 7.99. The molecule has 0 radical (unpaired) electrons. The molecule has 0 aliphatic carbocycles.